The van der Waals surface area contributed by atoms with Crippen LogP contribution < -0.4 is 10.7 Å². The minimum atomic E-state index is -0.479. The molecule has 2 aliphatic carbocycles. The first kappa shape index (κ1) is 28.8. The summed E-state index contributed by atoms with van der Waals surface area (Å²) < 4.78 is 0. The summed E-state index contributed by atoms with van der Waals surface area (Å²) in [6.07, 6.45) is 15.1. The number of rotatable bonds is 9. The molecule has 1 saturated carbocycles. The second-order valence-corrected chi connectivity index (χ2v) is 10.6. The van der Waals surface area contributed by atoms with Crippen LogP contribution in [0.4, 0.5) is 0 Å². The van der Waals surface area contributed by atoms with Gasteiger partial charge < -0.3 is 10.2 Å². The third-order valence-electron chi connectivity index (χ3n) is 7.88. The number of nitrogens with zero attached hydrogens (tertiary/aromatic N) is 3. The van der Waals surface area contributed by atoms with Crippen molar-refractivity contribution >= 4 is 23.7 Å². The van der Waals surface area contributed by atoms with Crippen molar-refractivity contribution in [2.24, 2.45) is 10.9 Å². The highest BCUT2D eigenvalue weighted by Crippen LogP contribution is 2.31. The van der Waals surface area contributed by atoms with Gasteiger partial charge in [0, 0.05) is 44.7 Å². The van der Waals surface area contributed by atoms with E-state index in [0.717, 1.165) is 68.7 Å². The summed E-state index contributed by atoms with van der Waals surface area (Å²) in [7, 11) is 0. The van der Waals surface area contributed by atoms with Crippen LogP contribution in [0.15, 0.2) is 52.8 Å². The smallest absolute Gasteiger partial charge is 0.243 e. The van der Waals surface area contributed by atoms with Crippen molar-refractivity contribution in [1.29, 1.82) is 0 Å². The zero-order valence-electron chi connectivity index (χ0n) is 24.2. The van der Waals surface area contributed by atoms with Crippen LogP contribution in [0.25, 0.3) is 5.70 Å². The Bertz CT molecular complexity index is 1180. The van der Waals surface area contributed by atoms with E-state index in [4.69, 9.17) is 0 Å². The van der Waals surface area contributed by atoms with Crippen LogP contribution in [0.3, 0.4) is 0 Å². The zero-order chi connectivity index (χ0) is 27.9. The van der Waals surface area contributed by atoms with Crippen molar-refractivity contribution in [2.45, 2.75) is 85.2 Å². The summed E-state index contributed by atoms with van der Waals surface area (Å²) >= 11 is 0. The highest BCUT2D eigenvalue weighted by molar-refractivity contribution is 5.90. The van der Waals surface area contributed by atoms with Gasteiger partial charge in [-0.1, -0.05) is 44.6 Å². The van der Waals surface area contributed by atoms with Crippen molar-refractivity contribution in [2.75, 3.05) is 13.1 Å². The molecule has 1 atom stereocenters. The van der Waals surface area contributed by atoms with Gasteiger partial charge in [-0.2, -0.15) is 0 Å². The lowest BCUT2D eigenvalue weighted by molar-refractivity contribution is -0.136. The molecule has 211 valence electrons. The quantitative estimate of drug-likeness (QED) is 0.442. The Kier molecular flexibility index (Phi) is 9.78. The summed E-state index contributed by atoms with van der Waals surface area (Å²) in [5, 5.41) is 5.13. The van der Waals surface area contributed by atoms with Gasteiger partial charge in [0.25, 0.3) is 0 Å². The number of hydrazine groups is 1. The summed E-state index contributed by atoms with van der Waals surface area (Å²) in [6.45, 7) is 12.0. The molecular weight excluding hydrogens is 486 g/mol. The number of allylic oxidation sites excluding steroid dienone is 2. The monoisotopic (exact) mass is 532 g/mol. The Morgan fingerprint density at radius 2 is 1.85 bits per heavy atom. The van der Waals surface area contributed by atoms with E-state index in [1.807, 2.05) is 35.9 Å². The molecule has 1 aromatic carbocycles. The van der Waals surface area contributed by atoms with Crippen LogP contribution in [0, 0.1) is 26.2 Å². The average Bonchev–Trinajstić information content (AvgIpc) is 3.68. The maximum atomic E-state index is 13.2. The predicted molar refractivity (Wildman–Crippen MR) is 160 cm³/mol. The fraction of sp³-hybridized carbons (Fsp3) is 0.500. The van der Waals surface area contributed by atoms with E-state index in [0.29, 0.717) is 0 Å². The summed E-state index contributed by atoms with van der Waals surface area (Å²) in [5.41, 5.74) is 9.22. The van der Waals surface area contributed by atoms with Gasteiger partial charge in [-0.05, 0) is 81.7 Å². The van der Waals surface area contributed by atoms with Gasteiger partial charge in [0.15, 0.2) is 0 Å². The molecule has 0 bridgehead atoms. The second-order valence-electron chi connectivity index (χ2n) is 10.6. The molecule has 4 aliphatic rings. The lowest BCUT2D eigenvalue weighted by Crippen LogP contribution is -2.49. The molecule has 2 aliphatic heterocycles. The van der Waals surface area contributed by atoms with E-state index < -0.39 is 6.04 Å². The number of hydrogen-bond acceptors (Lipinski definition) is 5. The zero-order valence-corrected chi connectivity index (χ0v) is 24.2. The molecular formula is C32H46N5O2. The van der Waals surface area contributed by atoms with Gasteiger partial charge in [0.2, 0.25) is 11.8 Å². The molecule has 0 saturated heterocycles. The fourth-order valence-electron chi connectivity index (χ4n) is 5.40. The molecule has 0 spiro atoms. The highest BCUT2D eigenvalue weighted by Gasteiger charge is 2.34. The number of hydrogen-bond donors (Lipinski definition) is 2. The standard InChI is InChI=1S/C30H38N5O2.C2H6.H2/c1-4-16-34(17-14-22-6-7-22)30(37)23-9-11-25(12-10-23)32-29(36)26-19-28-31-15-13-27(35(28)33-26)24-8-5-20(2)21(3)18-24;1-2;/h5-8,13,15,18-19,23,25-26,33H,4,9-12,14,16-17H2,1-3H3,(H,32,36);1-2H3;1H. The number of aliphatic imine (C=N–C) groups is 1. The Morgan fingerprint density at radius 3 is 2.51 bits per heavy atom. The van der Waals surface area contributed by atoms with Gasteiger partial charge in [-0.25, -0.2) is 10.4 Å². The van der Waals surface area contributed by atoms with Crippen LogP contribution in [0.2, 0.25) is 0 Å². The van der Waals surface area contributed by atoms with E-state index in [2.05, 4.69) is 67.2 Å². The number of aryl methyl sites for hydroxylation is 2. The molecule has 7 nitrogen and oxygen atoms in total. The van der Waals surface area contributed by atoms with Gasteiger partial charge >= 0.3 is 0 Å². The fourth-order valence-corrected chi connectivity index (χ4v) is 5.40. The van der Waals surface area contributed by atoms with E-state index in [1.54, 1.807) is 6.21 Å². The lowest BCUT2D eigenvalue weighted by Gasteiger charge is -2.33. The second kappa shape index (κ2) is 13.2. The number of benzene rings is 1. The normalized spacial score (nSPS) is 23.1. The highest BCUT2D eigenvalue weighted by atomic mass is 16.2. The molecule has 2 N–H and O–H groups in total. The molecule has 1 unspecified atom stereocenters. The van der Waals surface area contributed by atoms with Crippen molar-refractivity contribution in [3.8, 4) is 0 Å². The SMILES string of the molecule is CC.CCCN(CCC1=C[CH]1)C(=O)C1CCC(NC(=O)C2C=C3N=CC=C(c4ccc(C)c(C)c4)N3N2)CC1.[HH]. The van der Waals surface area contributed by atoms with Crippen LogP contribution in [-0.2, 0) is 9.59 Å². The molecule has 1 aromatic rings. The number of fused-ring (bicyclic) bond motifs is 1. The molecule has 2 heterocycles. The van der Waals surface area contributed by atoms with Gasteiger partial charge in [0.1, 0.15) is 11.9 Å². The van der Waals surface area contributed by atoms with E-state index in [9.17, 15) is 9.59 Å². The third kappa shape index (κ3) is 7.07. The Morgan fingerprint density at radius 1 is 1.10 bits per heavy atom. The maximum absolute atomic E-state index is 13.2. The van der Waals surface area contributed by atoms with Crippen molar-refractivity contribution in [1.82, 2.24) is 20.7 Å². The van der Waals surface area contributed by atoms with Crippen molar-refractivity contribution < 1.29 is 11.0 Å². The number of nitrogens with one attached hydrogen (secondary N) is 2. The van der Waals surface area contributed by atoms with Crippen LogP contribution in [-0.4, -0.2) is 53.1 Å². The van der Waals surface area contributed by atoms with Gasteiger partial charge in [0.05, 0.1) is 5.70 Å². The molecule has 5 rings (SSSR count). The Labute approximate surface area is 235 Å². The third-order valence-corrected chi connectivity index (χ3v) is 7.88. The molecule has 7 heteroatoms. The van der Waals surface area contributed by atoms with Crippen LogP contribution in [0.5, 0.6) is 0 Å². The molecule has 0 aromatic heterocycles. The minimum absolute atomic E-state index is 0. The topological polar surface area (TPSA) is 77.0 Å². The first-order chi connectivity index (χ1) is 18.9. The summed E-state index contributed by atoms with van der Waals surface area (Å²) in [5.74, 6) is 1.04. The van der Waals surface area contributed by atoms with Crippen molar-refractivity contribution in [3.05, 3.63) is 70.9 Å². The largest absolute Gasteiger partial charge is 0.352 e. The van der Waals surface area contributed by atoms with Crippen molar-refractivity contribution in [3.63, 3.8) is 0 Å². The van der Waals surface area contributed by atoms with Crippen LogP contribution in [0.1, 0.15) is 77.4 Å². The lowest BCUT2D eigenvalue weighted by atomic mass is 9.85. The Balaban J connectivity index is 0.00000144. The first-order valence-electron chi connectivity index (χ1n) is 14.7. The number of carbonyl (C=O) groups excluding carboxylic acids is 2. The minimum Gasteiger partial charge on any atom is -0.352 e. The molecule has 39 heavy (non-hydrogen) atoms. The predicted octanol–water partition coefficient (Wildman–Crippen LogP) is 5.48. The number of amides is 2. The molecule has 2 amide bonds. The summed E-state index contributed by atoms with van der Waals surface area (Å²) in [4.78, 5) is 32.8. The molecule has 1 radical (unpaired) electrons. The van der Waals surface area contributed by atoms with E-state index in [-0.39, 0.29) is 25.2 Å². The Hall–Kier alpha value is -3.19. The average molecular weight is 533 g/mol. The maximum Gasteiger partial charge on any atom is 0.243 e. The number of carbonyl (C=O) groups is 2. The van der Waals surface area contributed by atoms with Crippen LogP contribution >= 0.6 is 0 Å². The van der Waals surface area contributed by atoms with Gasteiger partial charge in [-0.3, -0.25) is 14.6 Å². The van der Waals surface area contributed by atoms with E-state index in [1.165, 1.54) is 16.7 Å². The first-order valence-corrected chi connectivity index (χ1v) is 14.7. The molecule has 1 fully saturated rings. The van der Waals surface area contributed by atoms with Gasteiger partial charge in [-0.15, -0.1) is 0 Å². The summed E-state index contributed by atoms with van der Waals surface area (Å²) in [6, 6.07) is 6.00. The van der Waals surface area contributed by atoms with E-state index >= 15 is 0 Å².